The zero-order valence-electron chi connectivity index (χ0n) is 17.0. The van der Waals surface area contributed by atoms with E-state index in [1.807, 2.05) is 37.3 Å². The van der Waals surface area contributed by atoms with E-state index in [1.54, 1.807) is 6.92 Å². The van der Waals surface area contributed by atoms with Crippen molar-refractivity contribution in [1.29, 1.82) is 0 Å². The SMILES string of the molecule is C=C(C)C(=O)NC(C)c1nc2ccccc2n1CCOc1ccc(C)c(C)c1. The number of aryl methyl sites for hydroxylation is 2. The smallest absolute Gasteiger partial charge is 0.246 e. The van der Waals surface area contributed by atoms with Crippen molar-refractivity contribution in [2.24, 2.45) is 0 Å². The lowest BCUT2D eigenvalue weighted by atomic mass is 10.1. The van der Waals surface area contributed by atoms with Crippen molar-refractivity contribution in [3.05, 3.63) is 71.6 Å². The number of carbonyl (C=O) groups excluding carboxylic acids is 1. The van der Waals surface area contributed by atoms with Crippen molar-refractivity contribution in [3.8, 4) is 5.75 Å². The van der Waals surface area contributed by atoms with Crippen LogP contribution in [0.2, 0.25) is 0 Å². The molecule has 0 bridgehead atoms. The Morgan fingerprint density at radius 2 is 1.96 bits per heavy atom. The van der Waals surface area contributed by atoms with E-state index in [0.717, 1.165) is 22.6 Å². The highest BCUT2D eigenvalue weighted by Gasteiger charge is 2.18. The van der Waals surface area contributed by atoms with Crippen LogP contribution in [-0.4, -0.2) is 22.1 Å². The molecule has 146 valence electrons. The zero-order chi connectivity index (χ0) is 20.3. The van der Waals surface area contributed by atoms with Crippen LogP contribution in [0.1, 0.15) is 36.8 Å². The Bertz CT molecular complexity index is 1020. The molecule has 2 aromatic carbocycles. The van der Waals surface area contributed by atoms with E-state index >= 15 is 0 Å². The van der Waals surface area contributed by atoms with E-state index in [1.165, 1.54) is 11.1 Å². The Kier molecular flexibility index (Phi) is 5.83. The minimum absolute atomic E-state index is 0.169. The fourth-order valence-corrected chi connectivity index (χ4v) is 3.10. The molecule has 28 heavy (non-hydrogen) atoms. The summed E-state index contributed by atoms with van der Waals surface area (Å²) < 4.78 is 8.08. The number of carbonyl (C=O) groups is 1. The zero-order valence-corrected chi connectivity index (χ0v) is 17.0. The Hall–Kier alpha value is -3.08. The highest BCUT2D eigenvalue weighted by Crippen LogP contribution is 2.22. The maximum absolute atomic E-state index is 12.0. The molecule has 3 rings (SSSR count). The largest absolute Gasteiger partial charge is 0.492 e. The molecule has 1 heterocycles. The molecule has 1 atom stereocenters. The summed E-state index contributed by atoms with van der Waals surface area (Å²) in [5.41, 5.74) is 4.87. The number of hydrogen-bond donors (Lipinski definition) is 1. The van der Waals surface area contributed by atoms with Crippen LogP contribution in [0.5, 0.6) is 5.75 Å². The normalized spacial score (nSPS) is 12.0. The number of rotatable bonds is 7. The summed E-state index contributed by atoms with van der Waals surface area (Å²) in [7, 11) is 0. The van der Waals surface area contributed by atoms with E-state index in [9.17, 15) is 4.79 Å². The summed E-state index contributed by atoms with van der Waals surface area (Å²) in [6.45, 7) is 12.6. The van der Waals surface area contributed by atoms with E-state index in [4.69, 9.17) is 9.72 Å². The molecule has 1 amide bonds. The summed E-state index contributed by atoms with van der Waals surface area (Å²) in [5, 5.41) is 2.96. The fraction of sp³-hybridized carbons (Fsp3) is 0.304. The Morgan fingerprint density at radius 3 is 2.68 bits per heavy atom. The Morgan fingerprint density at radius 1 is 1.21 bits per heavy atom. The van der Waals surface area contributed by atoms with E-state index in [2.05, 4.69) is 42.4 Å². The second-order valence-electron chi connectivity index (χ2n) is 7.18. The predicted octanol–water partition coefficient (Wildman–Crippen LogP) is 4.49. The molecule has 3 aromatic rings. The quantitative estimate of drug-likeness (QED) is 0.618. The number of nitrogens with zero attached hydrogens (tertiary/aromatic N) is 2. The van der Waals surface area contributed by atoms with E-state index in [0.29, 0.717) is 18.7 Å². The number of para-hydroxylation sites is 2. The van der Waals surface area contributed by atoms with Crippen LogP contribution in [0.15, 0.2) is 54.6 Å². The van der Waals surface area contributed by atoms with Gasteiger partial charge in [0.25, 0.3) is 0 Å². The van der Waals surface area contributed by atoms with Crippen LogP contribution in [0.3, 0.4) is 0 Å². The maximum Gasteiger partial charge on any atom is 0.246 e. The molecular weight excluding hydrogens is 350 g/mol. The van der Waals surface area contributed by atoms with Gasteiger partial charge in [-0.05, 0) is 63.1 Å². The van der Waals surface area contributed by atoms with Crippen LogP contribution in [-0.2, 0) is 11.3 Å². The van der Waals surface area contributed by atoms with Gasteiger partial charge >= 0.3 is 0 Å². The molecule has 5 nitrogen and oxygen atoms in total. The Balaban J connectivity index is 1.81. The lowest BCUT2D eigenvalue weighted by Crippen LogP contribution is -2.29. The predicted molar refractivity (Wildman–Crippen MR) is 113 cm³/mol. The molecule has 1 unspecified atom stereocenters. The highest BCUT2D eigenvalue weighted by atomic mass is 16.5. The number of benzene rings is 2. The van der Waals surface area contributed by atoms with Crippen LogP contribution < -0.4 is 10.1 Å². The fourth-order valence-electron chi connectivity index (χ4n) is 3.10. The van der Waals surface area contributed by atoms with Crippen molar-refractivity contribution >= 4 is 16.9 Å². The minimum atomic E-state index is -0.238. The van der Waals surface area contributed by atoms with Crippen molar-refractivity contribution in [2.45, 2.75) is 40.3 Å². The van der Waals surface area contributed by atoms with Gasteiger partial charge in [-0.15, -0.1) is 0 Å². The maximum atomic E-state index is 12.0. The Labute approximate surface area is 166 Å². The first-order chi connectivity index (χ1) is 13.4. The van der Waals surface area contributed by atoms with Gasteiger partial charge in [-0.2, -0.15) is 0 Å². The first-order valence-corrected chi connectivity index (χ1v) is 9.48. The molecule has 1 aromatic heterocycles. The second-order valence-corrected chi connectivity index (χ2v) is 7.18. The molecule has 0 saturated heterocycles. The summed E-state index contributed by atoms with van der Waals surface area (Å²) >= 11 is 0. The van der Waals surface area contributed by atoms with Gasteiger partial charge in [0, 0.05) is 5.57 Å². The minimum Gasteiger partial charge on any atom is -0.492 e. The van der Waals surface area contributed by atoms with E-state index < -0.39 is 0 Å². The average molecular weight is 377 g/mol. The molecule has 0 saturated carbocycles. The van der Waals surface area contributed by atoms with Crippen molar-refractivity contribution in [2.75, 3.05) is 6.61 Å². The first kappa shape index (κ1) is 19.7. The van der Waals surface area contributed by atoms with Gasteiger partial charge in [0.15, 0.2) is 0 Å². The standard InChI is InChI=1S/C23H27N3O2/c1-15(2)23(27)24-18(5)22-25-20-8-6-7-9-21(20)26(22)12-13-28-19-11-10-16(3)17(4)14-19/h6-11,14,18H,1,12-13H2,2-5H3,(H,24,27). The number of aromatic nitrogens is 2. The van der Waals surface area contributed by atoms with Crippen LogP contribution in [0, 0.1) is 13.8 Å². The van der Waals surface area contributed by atoms with Crippen molar-refractivity contribution < 1.29 is 9.53 Å². The lowest BCUT2D eigenvalue weighted by molar-refractivity contribution is -0.118. The topological polar surface area (TPSA) is 56.2 Å². The van der Waals surface area contributed by atoms with Gasteiger partial charge in [0.05, 0.1) is 23.6 Å². The molecule has 1 N–H and O–H groups in total. The molecule has 0 fully saturated rings. The van der Waals surface area contributed by atoms with Crippen LogP contribution in [0.4, 0.5) is 0 Å². The molecule has 0 spiro atoms. The summed E-state index contributed by atoms with van der Waals surface area (Å²) in [5.74, 6) is 1.50. The molecule has 0 aliphatic carbocycles. The number of ether oxygens (including phenoxy) is 1. The molecule has 0 radical (unpaired) electrons. The number of hydrogen-bond acceptors (Lipinski definition) is 3. The average Bonchev–Trinajstić information content (AvgIpc) is 3.03. The van der Waals surface area contributed by atoms with Gasteiger partial charge in [-0.3, -0.25) is 4.79 Å². The summed E-state index contributed by atoms with van der Waals surface area (Å²) in [6.07, 6.45) is 0. The second kappa shape index (κ2) is 8.30. The van der Waals surface area contributed by atoms with Gasteiger partial charge in [-0.25, -0.2) is 4.98 Å². The number of nitrogens with one attached hydrogen (secondary N) is 1. The molecule has 0 aliphatic heterocycles. The third-order valence-corrected chi connectivity index (χ3v) is 4.87. The van der Waals surface area contributed by atoms with E-state index in [-0.39, 0.29) is 11.9 Å². The van der Waals surface area contributed by atoms with Gasteiger partial charge in [0.1, 0.15) is 18.2 Å². The van der Waals surface area contributed by atoms with Crippen molar-refractivity contribution in [1.82, 2.24) is 14.9 Å². The highest BCUT2D eigenvalue weighted by molar-refractivity contribution is 5.92. The third-order valence-electron chi connectivity index (χ3n) is 4.87. The molecule has 0 aliphatic rings. The van der Waals surface area contributed by atoms with Gasteiger partial charge < -0.3 is 14.6 Å². The van der Waals surface area contributed by atoms with Gasteiger partial charge in [0.2, 0.25) is 5.91 Å². The molecule has 5 heteroatoms. The van der Waals surface area contributed by atoms with Gasteiger partial charge in [-0.1, -0.05) is 24.8 Å². The van der Waals surface area contributed by atoms with Crippen molar-refractivity contribution in [3.63, 3.8) is 0 Å². The third kappa shape index (κ3) is 4.25. The number of imidazole rings is 1. The van der Waals surface area contributed by atoms with Crippen LogP contribution in [0.25, 0.3) is 11.0 Å². The monoisotopic (exact) mass is 377 g/mol. The summed E-state index contributed by atoms with van der Waals surface area (Å²) in [4.78, 5) is 16.8. The lowest BCUT2D eigenvalue weighted by Gasteiger charge is -2.17. The number of fused-ring (bicyclic) bond motifs is 1. The molecular formula is C23H27N3O2. The number of amides is 1. The first-order valence-electron chi connectivity index (χ1n) is 9.48. The summed E-state index contributed by atoms with van der Waals surface area (Å²) in [6, 6.07) is 13.8. The van der Waals surface area contributed by atoms with Crippen LogP contribution >= 0.6 is 0 Å².